The van der Waals surface area contributed by atoms with Crippen LogP contribution in [-0.4, -0.2) is 43.8 Å². The molecule has 0 saturated carbocycles. The number of nitrogens with zero attached hydrogens (tertiary/aromatic N) is 1. The SMILES string of the molecule is CCCCCOc1ccc(C2=NC(C)(C)CO2)c(C(=O)OCC)c1OCCCCC. The lowest BCUT2D eigenvalue weighted by molar-refractivity contribution is 0.0520. The molecule has 0 unspecified atom stereocenters. The Labute approximate surface area is 181 Å². The second kappa shape index (κ2) is 11.8. The third-order valence-electron chi connectivity index (χ3n) is 4.80. The second-order valence-electron chi connectivity index (χ2n) is 8.17. The van der Waals surface area contributed by atoms with Crippen molar-refractivity contribution < 1.29 is 23.7 Å². The molecule has 1 heterocycles. The molecular formula is C24H37NO5. The fourth-order valence-electron chi connectivity index (χ4n) is 3.19. The van der Waals surface area contributed by atoms with E-state index in [0.717, 1.165) is 38.5 Å². The molecule has 0 N–H and O–H groups in total. The fourth-order valence-corrected chi connectivity index (χ4v) is 3.19. The third-order valence-corrected chi connectivity index (χ3v) is 4.80. The summed E-state index contributed by atoms with van der Waals surface area (Å²) in [4.78, 5) is 17.6. The number of esters is 1. The van der Waals surface area contributed by atoms with Gasteiger partial charge in [0, 0.05) is 0 Å². The van der Waals surface area contributed by atoms with Gasteiger partial charge >= 0.3 is 5.97 Å². The van der Waals surface area contributed by atoms with E-state index in [1.54, 1.807) is 6.92 Å². The minimum Gasteiger partial charge on any atom is -0.490 e. The van der Waals surface area contributed by atoms with Gasteiger partial charge in [-0.3, -0.25) is 0 Å². The normalized spacial score (nSPS) is 14.8. The Morgan fingerprint density at radius 2 is 1.70 bits per heavy atom. The van der Waals surface area contributed by atoms with Gasteiger partial charge in [0.25, 0.3) is 0 Å². The molecule has 0 aliphatic carbocycles. The van der Waals surface area contributed by atoms with Gasteiger partial charge in [-0.05, 0) is 45.7 Å². The monoisotopic (exact) mass is 419 g/mol. The molecule has 6 heteroatoms. The van der Waals surface area contributed by atoms with Gasteiger partial charge in [-0.15, -0.1) is 0 Å². The molecule has 0 fully saturated rings. The fraction of sp³-hybridized carbons (Fsp3) is 0.667. The van der Waals surface area contributed by atoms with Crippen LogP contribution < -0.4 is 9.47 Å². The van der Waals surface area contributed by atoms with E-state index in [-0.39, 0.29) is 12.1 Å². The first-order valence-electron chi connectivity index (χ1n) is 11.3. The van der Waals surface area contributed by atoms with Gasteiger partial charge in [0.1, 0.15) is 12.2 Å². The Morgan fingerprint density at radius 1 is 1.03 bits per heavy atom. The van der Waals surface area contributed by atoms with E-state index in [1.165, 1.54) is 0 Å². The molecule has 168 valence electrons. The van der Waals surface area contributed by atoms with E-state index >= 15 is 0 Å². The van der Waals surface area contributed by atoms with Crippen molar-refractivity contribution in [2.24, 2.45) is 4.99 Å². The average Bonchev–Trinajstić information content (AvgIpc) is 3.08. The molecule has 0 spiro atoms. The van der Waals surface area contributed by atoms with Crippen molar-refractivity contribution >= 4 is 11.9 Å². The summed E-state index contributed by atoms with van der Waals surface area (Å²) in [6.45, 7) is 11.9. The predicted octanol–water partition coefficient (Wildman–Crippen LogP) is 5.56. The summed E-state index contributed by atoms with van der Waals surface area (Å²) in [7, 11) is 0. The van der Waals surface area contributed by atoms with Crippen LogP contribution >= 0.6 is 0 Å². The standard InChI is InChI=1S/C24H37NO5/c1-6-9-11-15-28-19-14-13-18(22-25-24(4,5)17-30-22)20(23(26)27-8-3)21(19)29-16-12-10-7-2/h13-14H,6-12,15-17H2,1-5H3. The van der Waals surface area contributed by atoms with Gasteiger partial charge < -0.3 is 18.9 Å². The van der Waals surface area contributed by atoms with Crippen LogP contribution in [0.1, 0.15) is 89.1 Å². The summed E-state index contributed by atoms with van der Waals surface area (Å²) < 4.78 is 23.3. The van der Waals surface area contributed by atoms with Crippen LogP contribution in [-0.2, 0) is 9.47 Å². The lowest BCUT2D eigenvalue weighted by Gasteiger charge is -2.18. The van der Waals surface area contributed by atoms with Gasteiger partial charge in [-0.1, -0.05) is 39.5 Å². The maximum atomic E-state index is 13.0. The minimum atomic E-state index is -0.451. The van der Waals surface area contributed by atoms with E-state index in [2.05, 4.69) is 18.8 Å². The Balaban J connectivity index is 2.44. The summed E-state index contributed by atoms with van der Waals surface area (Å²) in [5.74, 6) is 0.980. The number of hydrogen-bond donors (Lipinski definition) is 0. The first kappa shape index (κ1) is 24.0. The molecule has 6 nitrogen and oxygen atoms in total. The van der Waals surface area contributed by atoms with Crippen molar-refractivity contribution in [1.29, 1.82) is 0 Å². The number of carbonyl (C=O) groups excluding carboxylic acids is 1. The van der Waals surface area contributed by atoms with Crippen LogP contribution in [0.5, 0.6) is 11.5 Å². The van der Waals surface area contributed by atoms with E-state index in [1.807, 2.05) is 26.0 Å². The van der Waals surface area contributed by atoms with Crippen molar-refractivity contribution in [3.05, 3.63) is 23.3 Å². The van der Waals surface area contributed by atoms with Gasteiger partial charge in [-0.25, -0.2) is 9.79 Å². The lowest BCUT2D eigenvalue weighted by atomic mass is 10.0. The van der Waals surface area contributed by atoms with E-state index in [0.29, 0.717) is 48.3 Å². The number of ether oxygens (including phenoxy) is 4. The first-order valence-corrected chi connectivity index (χ1v) is 11.3. The first-order chi connectivity index (χ1) is 14.4. The second-order valence-corrected chi connectivity index (χ2v) is 8.17. The van der Waals surface area contributed by atoms with Gasteiger partial charge in [0.05, 0.1) is 30.9 Å². The van der Waals surface area contributed by atoms with Gasteiger partial charge in [0.2, 0.25) is 5.90 Å². The Hall–Kier alpha value is -2.24. The average molecular weight is 420 g/mol. The summed E-state index contributed by atoms with van der Waals surface area (Å²) in [6.07, 6.45) is 6.22. The highest BCUT2D eigenvalue weighted by Crippen LogP contribution is 2.37. The van der Waals surface area contributed by atoms with E-state index in [4.69, 9.17) is 18.9 Å². The molecule has 0 radical (unpaired) electrons. The third kappa shape index (κ3) is 6.64. The number of unbranched alkanes of at least 4 members (excludes halogenated alkanes) is 4. The summed E-state index contributed by atoms with van der Waals surface area (Å²) in [6, 6.07) is 3.66. The molecule has 0 saturated heterocycles. The molecule has 0 aromatic heterocycles. The van der Waals surface area contributed by atoms with Crippen molar-refractivity contribution in [3.63, 3.8) is 0 Å². The van der Waals surface area contributed by atoms with Crippen LogP contribution in [0.4, 0.5) is 0 Å². The van der Waals surface area contributed by atoms with E-state index < -0.39 is 5.97 Å². The lowest BCUT2D eigenvalue weighted by Crippen LogP contribution is -2.17. The summed E-state index contributed by atoms with van der Waals surface area (Å²) in [5.41, 5.74) is 0.585. The Kier molecular flexibility index (Phi) is 9.47. The van der Waals surface area contributed by atoms with Crippen LogP contribution in [0.25, 0.3) is 0 Å². The number of benzene rings is 1. The maximum absolute atomic E-state index is 13.0. The highest BCUT2D eigenvalue weighted by molar-refractivity contribution is 6.08. The zero-order valence-electron chi connectivity index (χ0n) is 19.2. The van der Waals surface area contributed by atoms with Gasteiger partial charge in [-0.2, -0.15) is 0 Å². The Bertz CT molecular complexity index is 727. The summed E-state index contributed by atoms with van der Waals surface area (Å²) >= 11 is 0. The molecule has 1 aliphatic heterocycles. The minimum absolute atomic E-state index is 0.272. The summed E-state index contributed by atoms with van der Waals surface area (Å²) in [5, 5.41) is 0. The highest BCUT2D eigenvalue weighted by atomic mass is 16.5. The number of carbonyl (C=O) groups is 1. The number of hydrogen-bond acceptors (Lipinski definition) is 6. The van der Waals surface area contributed by atoms with Crippen molar-refractivity contribution in [1.82, 2.24) is 0 Å². The van der Waals surface area contributed by atoms with Crippen molar-refractivity contribution in [2.45, 2.75) is 78.7 Å². The number of aliphatic imine (C=N–C) groups is 1. The smallest absolute Gasteiger partial charge is 0.342 e. The number of rotatable bonds is 13. The molecule has 30 heavy (non-hydrogen) atoms. The molecule has 1 aromatic carbocycles. The largest absolute Gasteiger partial charge is 0.490 e. The van der Waals surface area contributed by atoms with Crippen molar-refractivity contribution in [3.8, 4) is 11.5 Å². The van der Waals surface area contributed by atoms with Crippen LogP contribution in [0.2, 0.25) is 0 Å². The molecule has 0 amide bonds. The molecule has 0 atom stereocenters. The predicted molar refractivity (Wildman–Crippen MR) is 119 cm³/mol. The van der Waals surface area contributed by atoms with Crippen LogP contribution in [0, 0.1) is 0 Å². The maximum Gasteiger partial charge on any atom is 0.342 e. The van der Waals surface area contributed by atoms with Crippen LogP contribution in [0.15, 0.2) is 17.1 Å². The quantitative estimate of drug-likeness (QED) is 0.309. The van der Waals surface area contributed by atoms with Gasteiger partial charge in [0.15, 0.2) is 11.5 Å². The van der Waals surface area contributed by atoms with Crippen molar-refractivity contribution in [2.75, 3.05) is 26.4 Å². The Morgan fingerprint density at radius 3 is 2.27 bits per heavy atom. The molecule has 0 bridgehead atoms. The molecule has 2 rings (SSSR count). The van der Waals surface area contributed by atoms with Crippen LogP contribution in [0.3, 0.4) is 0 Å². The topological polar surface area (TPSA) is 66.4 Å². The molecular weight excluding hydrogens is 382 g/mol. The zero-order valence-corrected chi connectivity index (χ0v) is 19.2. The molecule has 1 aliphatic rings. The van der Waals surface area contributed by atoms with E-state index in [9.17, 15) is 4.79 Å². The zero-order chi connectivity index (χ0) is 22.0. The molecule has 1 aromatic rings. The highest BCUT2D eigenvalue weighted by Gasteiger charge is 2.32.